The van der Waals surface area contributed by atoms with E-state index in [1.807, 2.05) is 36.6 Å². The van der Waals surface area contributed by atoms with Gasteiger partial charge in [0.2, 0.25) is 17.7 Å². The number of fused-ring (bicyclic) bond motifs is 4. The van der Waals surface area contributed by atoms with Gasteiger partial charge in [0.1, 0.15) is 36.7 Å². The zero-order valence-electron chi connectivity index (χ0n) is 49.2. The number of carbonyl (C=O) groups is 9. The summed E-state index contributed by atoms with van der Waals surface area (Å²) in [4.78, 5) is 128. The Morgan fingerprint density at radius 1 is 0.860 bits per heavy atom. The van der Waals surface area contributed by atoms with Gasteiger partial charge in [0, 0.05) is 112 Å². The number of imide groups is 1. The lowest BCUT2D eigenvalue weighted by Gasteiger charge is -2.25. The number of aromatic amines is 1. The summed E-state index contributed by atoms with van der Waals surface area (Å²) in [5.41, 5.74) is 9.90. The van der Waals surface area contributed by atoms with Crippen LogP contribution in [0, 0.1) is 12.8 Å². The van der Waals surface area contributed by atoms with Crippen LogP contribution in [-0.4, -0.2) is 169 Å². The van der Waals surface area contributed by atoms with Gasteiger partial charge in [-0.15, -0.1) is 22.9 Å². The molecule has 5 aromatic rings. The van der Waals surface area contributed by atoms with Crippen molar-refractivity contribution in [1.29, 1.82) is 0 Å². The summed E-state index contributed by atoms with van der Waals surface area (Å²) in [6, 6.07) is 13.1. The Morgan fingerprint density at radius 2 is 1.58 bits per heavy atom. The molecule has 10 amide bonds. The SMILES string of the molecule is Cc1csc2c(OC(=O)N(C)CCN(C)C(=O)OCc3ccc(NC(=O)[C@H](CCCNC(N)=O)NC(=O)[C@@H](NC(=O)CCCCCN4C(=O)C=CC4=O)C(C)C)cc3)cc3c(c12)[C@@H](CCl)CN3C(=O)c1cc2cc(OCCN3CCCC3)ccc2[nH]1. The van der Waals surface area contributed by atoms with Crippen LogP contribution in [0.25, 0.3) is 21.0 Å². The number of anilines is 2. The van der Waals surface area contributed by atoms with Crippen LogP contribution in [-0.2, 0) is 35.3 Å². The topological polar surface area (TPSA) is 287 Å². The highest BCUT2D eigenvalue weighted by molar-refractivity contribution is 7.17. The molecule has 8 rings (SSSR count). The second-order valence-corrected chi connectivity index (χ2v) is 23.4. The highest BCUT2D eigenvalue weighted by Gasteiger charge is 2.37. The van der Waals surface area contributed by atoms with E-state index in [4.69, 9.17) is 31.5 Å². The van der Waals surface area contributed by atoms with Crippen LogP contribution in [0.15, 0.2) is 72.1 Å². The number of nitrogens with zero attached hydrogens (tertiary/aromatic N) is 5. The molecule has 0 radical (unpaired) electrons. The number of aromatic nitrogens is 1. The minimum atomic E-state index is -1.08. The molecular formula is C61H76ClN11O12S. The molecule has 460 valence electrons. The smallest absolute Gasteiger partial charge is 0.415 e. The summed E-state index contributed by atoms with van der Waals surface area (Å²) in [6.45, 7) is 9.92. The average Bonchev–Trinajstić information content (AvgIpc) is 1.74. The van der Waals surface area contributed by atoms with Crippen LogP contribution >= 0.6 is 22.9 Å². The number of amides is 10. The first kappa shape index (κ1) is 63.8. The molecule has 0 unspecified atom stereocenters. The number of ether oxygens (including phenoxy) is 3. The normalized spacial score (nSPS) is 15.5. The van der Waals surface area contributed by atoms with Crippen LogP contribution in [0.5, 0.6) is 11.5 Å². The summed E-state index contributed by atoms with van der Waals surface area (Å²) in [6.07, 6.45) is 5.60. The van der Waals surface area contributed by atoms with Crippen molar-refractivity contribution in [3.8, 4) is 11.5 Å². The number of urea groups is 1. The number of likely N-dealkylation sites (N-methyl/N-ethyl adjacent to an activating group) is 2. The molecule has 25 heteroatoms. The van der Waals surface area contributed by atoms with E-state index in [9.17, 15) is 43.2 Å². The van der Waals surface area contributed by atoms with Crippen LogP contribution < -0.4 is 41.4 Å². The van der Waals surface area contributed by atoms with Gasteiger partial charge >= 0.3 is 18.2 Å². The van der Waals surface area contributed by atoms with Gasteiger partial charge in [0.05, 0.1) is 10.4 Å². The predicted octanol–water partition coefficient (Wildman–Crippen LogP) is 7.35. The van der Waals surface area contributed by atoms with E-state index in [0.717, 1.165) is 62.4 Å². The number of unbranched alkanes of at least 4 members (excludes halogenated alkanes) is 2. The van der Waals surface area contributed by atoms with Crippen LogP contribution in [0.4, 0.5) is 25.8 Å². The van der Waals surface area contributed by atoms with Crippen molar-refractivity contribution >= 4 is 109 Å². The lowest BCUT2D eigenvalue weighted by atomic mass is 9.97. The number of hydrogen-bond acceptors (Lipinski definition) is 14. The van der Waals surface area contributed by atoms with E-state index in [1.165, 1.54) is 53.2 Å². The minimum Gasteiger partial charge on any atom is -0.492 e. The number of hydrogen-bond donors (Lipinski definition) is 6. The Bertz CT molecular complexity index is 3320. The summed E-state index contributed by atoms with van der Waals surface area (Å²) in [7, 11) is 3.10. The van der Waals surface area contributed by atoms with Gasteiger partial charge in [-0.25, -0.2) is 14.4 Å². The number of rotatable bonds is 28. The number of H-pyrrole nitrogens is 1. The second kappa shape index (κ2) is 29.7. The zero-order valence-corrected chi connectivity index (χ0v) is 50.7. The van der Waals surface area contributed by atoms with Gasteiger partial charge < -0.3 is 60.9 Å². The third kappa shape index (κ3) is 16.4. The van der Waals surface area contributed by atoms with E-state index >= 15 is 0 Å². The minimum absolute atomic E-state index is 0.0887. The average molecular weight is 1220 g/mol. The molecular weight excluding hydrogens is 1150 g/mol. The molecule has 3 aliphatic heterocycles. The quantitative estimate of drug-likeness (QED) is 0.0163. The Kier molecular flexibility index (Phi) is 22.1. The third-order valence-electron chi connectivity index (χ3n) is 15.5. The first-order chi connectivity index (χ1) is 41.3. The lowest BCUT2D eigenvalue weighted by molar-refractivity contribution is -0.137. The number of primary amides is 1. The maximum Gasteiger partial charge on any atom is 0.415 e. The number of likely N-dealkylation sites (tertiary alicyclic amines) is 1. The molecule has 1 fully saturated rings. The molecule has 3 aromatic carbocycles. The van der Waals surface area contributed by atoms with Crippen molar-refractivity contribution < 1.29 is 57.4 Å². The van der Waals surface area contributed by atoms with Crippen LogP contribution in [0.3, 0.4) is 0 Å². The zero-order chi connectivity index (χ0) is 61.6. The standard InChI is InChI=1S/C61H76ClN11O12S/c1-37(2)54(68-49(74)13-7-6-8-25-72-50(75)20-21-51(72)76)57(78)67-45(12-11-22-64-59(63)80)56(77)65-42-16-14-39(15-17-42)35-84-60(81)69(4)26-27-70(5)61(82)85-48-32-47-53(52-38(3)36-86-55(48)52)41(33-62)34-73(47)58(79)46-31-40-30-43(18-19-44(40)66-46)83-29-28-71-23-9-10-24-71/h14-21,30-32,36-37,41,45,54,66H,6-13,22-29,33-35H2,1-5H3,(H,65,77)(H,67,78)(H,68,74)(H3,63,64,80)/t41-,45-,54-/m0/s1. The van der Waals surface area contributed by atoms with Crippen molar-refractivity contribution in [1.82, 2.24) is 40.5 Å². The Hall–Kier alpha value is -8.22. The van der Waals surface area contributed by atoms with E-state index in [2.05, 4.69) is 31.2 Å². The van der Waals surface area contributed by atoms with Gasteiger partial charge in [-0.05, 0) is 123 Å². The number of nitrogens with one attached hydrogen (secondary N) is 5. The van der Waals surface area contributed by atoms with Crippen molar-refractivity contribution in [3.63, 3.8) is 0 Å². The second-order valence-electron chi connectivity index (χ2n) is 22.2. The fourth-order valence-electron chi connectivity index (χ4n) is 10.6. The van der Waals surface area contributed by atoms with Crippen molar-refractivity contribution in [2.24, 2.45) is 11.7 Å². The van der Waals surface area contributed by atoms with Crippen molar-refractivity contribution in [2.75, 3.05) is 89.2 Å². The predicted molar refractivity (Wildman–Crippen MR) is 328 cm³/mol. The van der Waals surface area contributed by atoms with E-state index < -0.39 is 42.1 Å². The van der Waals surface area contributed by atoms with Gasteiger partial charge in [0.25, 0.3) is 17.7 Å². The molecule has 0 aliphatic carbocycles. The maximum absolute atomic E-state index is 14.4. The van der Waals surface area contributed by atoms with E-state index in [0.29, 0.717) is 60.8 Å². The highest BCUT2D eigenvalue weighted by Crippen LogP contribution is 2.49. The van der Waals surface area contributed by atoms with Gasteiger partial charge in [0.15, 0.2) is 5.75 Å². The third-order valence-corrected chi connectivity index (χ3v) is 17.0. The molecule has 86 heavy (non-hydrogen) atoms. The fourth-order valence-corrected chi connectivity index (χ4v) is 11.9. The Balaban J connectivity index is 0.811. The molecule has 3 aliphatic rings. The number of alkyl halides is 1. The first-order valence-electron chi connectivity index (χ1n) is 29.1. The van der Waals surface area contributed by atoms with E-state index in [-0.39, 0.29) is 93.4 Å². The number of thiophene rings is 1. The van der Waals surface area contributed by atoms with Gasteiger partial charge in [-0.2, -0.15) is 0 Å². The number of benzene rings is 3. The number of nitrogens with two attached hydrogens (primary N) is 1. The molecule has 0 bridgehead atoms. The largest absolute Gasteiger partial charge is 0.492 e. The van der Waals surface area contributed by atoms with Crippen molar-refractivity contribution in [3.05, 3.63) is 94.5 Å². The molecule has 2 aromatic heterocycles. The summed E-state index contributed by atoms with van der Waals surface area (Å²) in [5.74, 6) is -1.71. The number of halogens is 1. The molecule has 23 nitrogen and oxygen atoms in total. The number of aryl methyl sites for hydroxylation is 1. The van der Waals surface area contributed by atoms with Gasteiger partial charge in [-0.3, -0.25) is 38.6 Å². The maximum atomic E-state index is 14.4. The van der Waals surface area contributed by atoms with Crippen LogP contribution in [0.1, 0.15) is 98.3 Å². The molecule has 3 atom stereocenters. The summed E-state index contributed by atoms with van der Waals surface area (Å²) < 4.78 is 18.5. The lowest BCUT2D eigenvalue weighted by Crippen LogP contribution is -2.54. The molecule has 7 N–H and O–H groups in total. The Labute approximate surface area is 508 Å². The van der Waals surface area contributed by atoms with Gasteiger partial charge in [-0.1, -0.05) is 32.4 Å². The first-order valence-corrected chi connectivity index (χ1v) is 30.5. The molecule has 5 heterocycles. The Morgan fingerprint density at radius 3 is 2.28 bits per heavy atom. The number of carbonyl (C=O) groups excluding carboxylic acids is 9. The van der Waals surface area contributed by atoms with E-state index in [1.54, 1.807) is 56.1 Å². The summed E-state index contributed by atoms with van der Waals surface area (Å²) in [5, 5.41) is 14.5. The highest BCUT2D eigenvalue weighted by atomic mass is 35.5. The monoisotopic (exact) mass is 1220 g/mol. The molecule has 0 saturated carbocycles. The molecule has 1 saturated heterocycles. The van der Waals surface area contributed by atoms with Crippen molar-refractivity contribution in [2.45, 2.75) is 96.7 Å². The van der Waals surface area contributed by atoms with Crippen LogP contribution in [0.2, 0.25) is 0 Å². The summed E-state index contributed by atoms with van der Waals surface area (Å²) >= 11 is 8.04. The molecule has 0 spiro atoms. The fraction of sp³-hybridized carbons (Fsp3) is 0.459.